The molecule has 1 saturated heterocycles. The first-order valence-corrected chi connectivity index (χ1v) is 5.81. The van der Waals surface area contributed by atoms with Crippen molar-refractivity contribution in [1.29, 1.82) is 0 Å². The third-order valence-corrected chi connectivity index (χ3v) is 2.96. The SMILES string of the molecule is Nc1cccc(C(=O)NC2CCC(=O)NC2O)c1F. The van der Waals surface area contributed by atoms with Gasteiger partial charge in [-0.15, -0.1) is 0 Å². The zero-order valence-electron chi connectivity index (χ0n) is 10.0. The Bertz CT molecular complexity index is 521. The first-order chi connectivity index (χ1) is 8.99. The van der Waals surface area contributed by atoms with E-state index in [0.717, 1.165) is 0 Å². The molecule has 2 unspecified atom stereocenters. The number of carbonyl (C=O) groups is 2. The lowest BCUT2D eigenvalue weighted by atomic mass is 10.0. The molecule has 1 aromatic rings. The number of aliphatic hydroxyl groups excluding tert-OH is 1. The maximum absolute atomic E-state index is 13.6. The summed E-state index contributed by atoms with van der Waals surface area (Å²) in [5.74, 6) is -1.76. The van der Waals surface area contributed by atoms with E-state index in [2.05, 4.69) is 10.6 Å². The van der Waals surface area contributed by atoms with Gasteiger partial charge in [0.25, 0.3) is 5.91 Å². The van der Waals surface area contributed by atoms with Crippen LogP contribution in [0.1, 0.15) is 23.2 Å². The summed E-state index contributed by atoms with van der Waals surface area (Å²) in [4.78, 5) is 22.9. The fourth-order valence-corrected chi connectivity index (χ4v) is 1.90. The molecule has 0 aliphatic carbocycles. The van der Waals surface area contributed by atoms with Crippen LogP contribution in [0.5, 0.6) is 0 Å². The number of hydrogen-bond donors (Lipinski definition) is 4. The molecule has 6 nitrogen and oxygen atoms in total. The summed E-state index contributed by atoms with van der Waals surface area (Å²) in [5.41, 5.74) is 5.06. The fraction of sp³-hybridized carbons (Fsp3) is 0.333. The molecule has 1 aliphatic rings. The van der Waals surface area contributed by atoms with Gasteiger partial charge in [0, 0.05) is 6.42 Å². The predicted molar refractivity (Wildman–Crippen MR) is 65.5 cm³/mol. The molecule has 5 N–H and O–H groups in total. The average molecular weight is 267 g/mol. The van der Waals surface area contributed by atoms with E-state index >= 15 is 0 Å². The second-order valence-electron chi connectivity index (χ2n) is 4.34. The zero-order chi connectivity index (χ0) is 14.0. The largest absolute Gasteiger partial charge is 0.396 e. The van der Waals surface area contributed by atoms with E-state index in [4.69, 9.17) is 5.73 Å². The van der Waals surface area contributed by atoms with Crippen molar-refractivity contribution in [2.45, 2.75) is 25.1 Å². The van der Waals surface area contributed by atoms with Crippen molar-refractivity contribution in [1.82, 2.24) is 10.6 Å². The van der Waals surface area contributed by atoms with Gasteiger partial charge >= 0.3 is 0 Å². The van der Waals surface area contributed by atoms with Crippen molar-refractivity contribution in [3.63, 3.8) is 0 Å². The number of aliphatic hydroxyl groups is 1. The Balaban J connectivity index is 2.09. The minimum absolute atomic E-state index is 0.120. The first-order valence-electron chi connectivity index (χ1n) is 5.81. The number of amides is 2. The standard InChI is InChI=1S/C12H14FN3O3/c13-10-6(2-1-3-7(10)14)11(18)15-8-4-5-9(17)16-12(8)19/h1-3,8,12,19H,4-5,14H2,(H,15,18)(H,16,17). The Morgan fingerprint density at radius 2 is 2.26 bits per heavy atom. The Labute approximate surface area is 108 Å². The van der Waals surface area contributed by atoms with Gasteiger partial charge in [0.15, 0.2) is 5.82 Å². The maximum atomic E-state index is 13.6. The molecule has 19 heavy (non-hydrogen) atoms. The highest BCUT2D eigenvalue weighted by atomic mass is 19.1. The summed E-state index contributed by atoms with van der Waals surface area (Å²) in [6.07, 6.45) is -0.682. The van der Waals surface area contributed by atoms with Gasteiger partial charge in [-0.25, -0.2) is 4.39 Å². The smallest absolute Gasteiger partial charge is 0.254 e. The van der Waals surface area contributed by atoms with Crippen LogP contribution >= 0.6 is 0 Å². The number of carbonyl (C=O) groups excluding carboxylic acids is 2. The normalized spacial score (nSPS) is 22.7. The van der Waals surface area contributed by atoms with Gasteiger partial charge in [-0.3, -0.25) is 9.59 Å². The van der Waals surface area contributed by atoms with E-state index in [1.165, 1.54) is 18.2 Å². The highest BCUT2D eigenvalue weighted by Gasteiger charge is 2.29. The van der Waals surface area contributed by atoms with Crippen LogP contribution in [0, 0.1) is 5.82 Å². The topological polar surface area (TPSA) is 104 Å². The molecule has 2 amide bonds. The quantitative estimate of drug-likeness (QED) is 0.554. The van der Waals surface area contributed by atoms with E-state index in [0.29, 0.717) is 6.42 Å². The molecule has 0 bridgehead atoms. The molecule has 102 valence electrons. The van der Waals surface area contributed by atoms with Gasteiger partial charge in [-0.2, -0.15) is 0 Å². The third kappa shape index (κ3) is 2.82. The van der Waals surface area contributed by atoms with Gasteiger partial charge in [-0.05, 0) is 18.6 Å². The molecule has 2 rings (SSSR count). The Morgan fingerprint density at radius 3 is 2.95 bits per heavy atom. The summed E-state index contributed by atoms with van der Waals surface area (Å²) in [5, 5.41) is 14.4. The van der Waals surface area contributed by atoms with E-state index in [-0.39, 0.29) is 23.6 Å². The lowest BCUT2D eigenvalue weighted by Crippen LogP contribution is -2.55. The van der Waals surface area contributed by atoms with Crippen LogP contribution in [0.25, 0.3) is 0 Å². The number of hydrogen-bond acceptors (Lipinski definition) is 4. The van der Waals surface area contributed by atoms with Gasteiger partial charge in [-0.1, -0.05) is 6.07 Å². The van der Waals surface area contributed by atoms with Gasteiger partial charge in [0.2, 0.25) is 5.91 Å². The Morgan fingerprint density at radius 1 is 1.53 bits per heavy atom. The molecule has 1 fully saturated rings. The predicted octanol–water partition coefficient (Wildman–Crippen LogP) is -0.265. The van der Waals surface area contributed by atoms with Crippen molar-refractivity contribution in [3.8, 4) is 0 Å². The van der Waals surface area contributed by atoms with Crippen LogP contribution in [-0.4, -0.2) is 29.2 Å². The number of nitrogens with one attached hydrogen (secondary N) is 2. The van der Waals surface area contributed by atoms with Crippen molar-refractivity contribution in [3.05, 3.63) is 29.6 Å². The number of halogens is 1. The number of benzene rings is 1. The summed E-state index contributed by atoms with van der Waals surface area (Å²) in [6, 6.07) is 3.47. The van der Waals surface area contributed by atoms with E-state index in [9.17, 15) is 19.1 Å². The number of rotatable bonds is 2. The zero-order valence-corrected chi connectivity index (χ0v) is 10.0. The Kier molecular flexibility index (Phi) is 3.66. The van der Waals surface area contributed by atoms with Crippen LogP contribution < -0.4 is 16.4 Å². The molecule has 0 saturated carbocycles. The second kappa shape index (κ2) is 5.23. The first kappa shape index (κ1) is 13.3. The number of anilines is 1. The minimum Gasteiger partial charge on any atom is -0.396 e. The lowest BCUT2D eigenvalue weighted by Gasteiger charge is -2.29. The molecule has 1 aliphatic heterocycles. The van der Waals surface area contributed by atoms with Crippen molar-refractivity contribution < 1.29 is 19.1 Å². The molecule has 7 heteroatoms. The number of nitrogens with two attached hydrogens (primary N) is 1. The molecule has 0 spiro atoms. The molecular formula is C12H14FN3O3. The maximum Gasteiger partial charge on any atom is 0.254 e. The molecular weight excluding hydrogens is 253 g/mol. The molecule has 1 heterocycles. The van der Waals surface area contributed by atoms with Gasteiger partial charge in [0.05, 0.1) is 17.3 Å². The number of nitrogen functional groups attached to an aromatic ring is 1. The molecule has 0 aromatic heterocycles. The summed E-state index contributed by atoms with van der Waals surface area (Å²) >= 11 is 0. The van der Waals surface area contributed by atoms with E-state index in [1.54, 1.807) is 0 Å². The highest BCUT2D eigenvalue weighted by Crippen LogP contribution is 2.15. The Hall–Kier alpha value is -2.15. The van der Waals surface area contributed by atoms with Gasteiger partial charge in [0.1, 0.15) is 6.23 Å². The van der Waals surface area contributed by atoms with Crippen molar-refractivity contribution >= 4 is 17.5 Å². The van der Waals surface area contributed by atoms with E-state index in [1.807, 2.05) is 0 Å². The van der Waals surface area contributed by atoms with Crippen LogP contribution in [0.4, 0.5) is 10.1 Å². The van der Waals surface area contributed by atoms with Gasteiger partial charge < -0.3 is 21.5 Å². The summed E-state index contributed by atoms with van der Waals surface area (Å²) in [6.45, 7) is 0. The highest BCUT2D eigenvalue weighted by molar-refractivity contribution is 5.95. The van der Waals surface area contributed by atoms with Crippen molar-refractivity contribution in [2.24, 2.45) is 0 Å². The van der Waals surface area contributed by atoms with Crippen LogP contribution in [0.3, 0.4) is 0 Å². The van der Waals surface area contributed by atoms with Crippen molar-refractivity contribution in [2.75, 3.05) is 5.73 Å². The monoisotopic (exact) mass is 267 g/mol. The molecule has 0 radical (unpaired) electrons. The van der Waals surface area contributed by atoms with E-state index < -0.39 is 24.0 Å². The summed E-state index contributed by atoms with van der Waals surface area (Å²) in [7, 11) is 0. The fourth-order valence-electron chi connectivity index (χ4n) is 1.90. The summed E-state index contributed by atoms with van der Waals surface area (Å²) < 4.78 is 13.6. The third-order valence-electron chi connectivity index (χ3n) is 2.96. The number of piperidine rings is 1. The second-order valence-corrected chi connectivity index (χ2v) is 4.34. The van der Waals surface area contributed by atoms with Crippen LogP contribution in [0.2, 0.25) is 0 Å². The van der Waals surface area contributed by atoms with Crippen LogP contribution in [-0.2, 0) is 4.79 Å². The molecule has 1 aromatic carbocycles. The average Bonchev–Trinajstić information content (AvgIpc) is 2.36. The van der Waals surface area contributed by atoms with Crippen LogP contribution in [0.15, 0.2) is 18.2 Å². The molecule has 2 atom stereocenters. The lowest BCUT2D eigenvalue weighted by molar-refractivity contribution is -0.127. The minimum atomic E-state index is -1.17.